The standard InChI is InChI=1S/C10H19N3O4/c1-7-6-17-8(5-14)3-13(7)4-9(15)12-10(16)11-2/h7-8,14H,3-6H2,1-2H3,(H2,11,12,15,16). The molecule has 1 aliphatic heterocycles. The number of rotatable bonds is 3. The first-order valence-electron chi connectivity index (χ1n) is 5.55. The van der Waals surface area contributed by atoms with Crippen molar-refractivity contribution < 1.29 is 19.4 Å². The molecule has 1 saturated heterocycles. The van der Waals surface area contributed by atoms with E-state index in [0.717, 1.165) is 0 Å². The maximum Gasteiger partial charge on any atom is 0.321 e. The van der Waals surface area contributed by atoms with Crippen molar-refractivity contribution in [2.75, 3.05) is 33.4 Å². The van der Waals surface area contributed by atoms with Crippen LogP contribution in [0.15, 0.2) is 0 Å². The van der Waals surface area contributed by atoms with E-state index in [9.17, 15) is 9.59 Å². The molecule has 0 saturated carbocycles. The number of amides is 3. The summed E-state index contributed by atoms with van der Waals surface area (Å²) in [6, 6.07) is -0.428. The van der Waals surface area contributed by atoms with Crippen molar-refractivity contribution in [2.45, 2.75) is 19.1 Å². The molecule has 98 valence electrons. The third-order valence-electron chi connectivity index (χ3n) is 2.66. The van der Waals surface area contributed by atoms with Crippen LogP contribution < -0.4 is 10.6 Å². The van der Waals surface area contributed by atoms with Crippen molar-refractivity contribution in [1.82, 2.24) is 15.5 Å². The van der Waals surface area contributed by atoms with Gasteiger partial charge in [-0.25, -0.2) is 4.79 Å². The maximum absolute atomic E-state index is 11.5. The Balaban J connectivity index is 2.42. The lowest BCUT2D eigenvalue weighted by Gasteiger charge is -2.36. The molecule has 2 unspecified atom stereocenters. The number of hydrogen-bond acceptors (Lipinski definition) is 5. The van der Waals surface area contributed by atoms with Crippen LogP contribution >= 0.6 is 0 Å². The van der Waals surface area contributed by atoms with Crippen LogP contribution in [0.1, 0.15) is 6.92 Å². The molecule has 0 aliphatic carbocycles. The predicted octanol–water partition coefficient (Wildman–Crippen LogP) is -1.48. The van der Waals surface area contributed by atoms with Gasteiger partial charge in [0.05, 0.1) is 25.9 Å². The second-order valence-corrected chi connectivity index (χ2v) is 4.04. The average Bonchev–Trinajstić information content (AvgIpc) is 2.31. The number of urea groups is 1. The zero-order chi connectivity index (χ0) is 12.8. The number of imide groups is 1. The summed E-state index contributed by atoms with van der Waals surface area (Å²) in [6.45, 7) is 2.94. The number of carbonyl (C=O) groups is 2. The molecule has 3 amide bonds. The molecular weight excluding hydrogens is 226 g/mol. The number of nitrogens with one attached hydrogen (secondary N) is 2. The summed E-state index contributed by atoms with van der Waals surface area (Å²) >= 11 is 0. The highest BCUT2D eigenvalue weighted by molar-refractivity contribution is 5.95. The fraction of sp³-hybridized carbons (Fsp3) is 0.800. The van der Waals surface area contributed by atoms with Crippen LogP contribution in [0.5, 0.6) is 0 Å². The van der Waals surface area contributed by atoms with Crippen LogP contribution in [0.4, 0.5) is 4.79 Å². The van der Waals surface area contributed by atoms with Crippen molar-refractivity contribution >= 4 is 11.9 Å². The number of morpholine rings is 1. The molecule has 17 heavy (non-hydrogen) atoms. The fourth-order valence-electron chi connectivity index (χ4n) is 1.62. The van der Waals surface area contributed by atoms with Gasteiger partial charge in [-0.3, -0.25) is 15.0 Å². The molecule has 7 heteroatoms. The minimum atomic E-state index is -0.519. The molecule has 0 aromatic heterocycles. The van der Waals surface area contributed by atoms with Gasteiger partial charge in [-0.05, 0) is 6.92 Å². The molecule has 1 fully saturated rings. The molecule has 3 N–H and O–H groups in total. The highest BCUT2D eigenvalue weighted by Crippen LogP contribution is 2.10. The van der Waals surface area contributed by atoms with E-state index in [2.05, 4.69) is 10.6 Å². The first-order valence-corrected chi connectivity index (χ1v) is 5.55. The van der Waals surface area contributed by atoms with Crippen LogP contribution in [-0.4, -0.2) is 67.4 Å². The second-order valence-electron chi connectivity index (χ2n) is 4.04. The quantitative estimate of drug-likeness (QED) is 0.564. The Morgan fingerprint density at radius 1 is 1.53 bits per heavy atom. The molecule has 0 radical (unpaired) electrons. The van der Waals surface area contributed by atoms with E-state index in [1.165, 1.54) is 7.05 Å². The van der Waals surface area contributed by atoms with Gasteiger partial charge in [0.2, 0.25) is 5.91 Å². The van der Waals surface area contributed by atoms with Crippen LogP contribution in [0, 0.1) is 0 Å². The number of ether oxygens (including phenoxy) is 1. The van der Waals surface area contributed by atoms with Crippen molar-refractivity contribution in [3.8, 4) is 0 Å². The summed E-state index contributed by atoms with van der Waals surface area (Å²) < 4.78 is 5.35. The average molecular weight is 245 g/mol. The molecule has 0 aromatic carbocycles. The van der Waals surface area contributed by atoms with E-state index in [4.69, 9.17) is 9.84 Å². The van der Waals surface area contributed by atoms with E-state index < -0.39 is 6.03 Å². The predicted molar refractivity (Wildman–Crippen MR) is 60.5 cm³/mol. The summed E-state index contributed by atoms with van der Waals surface area (Å²) in [5.41, 5.74) is 0. The van der Waals surface area contributed by atoms with Gasteiger partial charge < -0.3 is 15.2 Å². The maximum atomic E-state index is 11.5. The lowest BCUT2D eigenvalue weighted by atomic mass is 10.2. The van der Waals surface area contributed by atoms with Gasteiger partial charge in [0.1, 0.15) is 0 Å². The highest BCUT2D eigenvalue weighted by atomic mass is 16.5. The number of nitrogens with zero attached hydrogens (tertiary/aromatic N) is 1. The molecule has 0 spiro atoms. The highest BCUT2D eigenvalue weighted by Gasteiger charge is 2.27. The van der Waals surface area contributed by atoms with Gasteiger partial charge in [-0.15, -0.1) is 0 Å². The van der Waals surface area contributed by atoms with Crippen LogP contribution in [0.2, 0.25) is 0 Å². The van der Waals surface area contributed by atoms with Crippen LogP contribution in [-0.2, 0) is 9.53 Å². The Morgan fingerprint density at radius 3 is 2.82 bits per heavy atom. The van der Waals surface area contributed by atoms with Gasteiger partial charge in [-0.1, -0.05) is 0 Å². The van der Waals surface area contributed by atoms with E-state index in [1.807, 2.05) is 11.8 Å². The zero-order valence-corrected chi connectivity index (χ0v) is 10.1. The number of aliphatic hydroxyl groups excluding tert-OH is 1. The lowest BCUT2D eigenvalue weighted by Crippen LogP contribution is -2.53. The SMILES string of the molecule is CNC(=O)NC(=O)CN1CC(CO)OCC1C. The van der Waals surface area contributed by atoms with E-state index in [0.29, 0.717) is 13.2 Å². The van der Waals surface area contributed by atoms with Crippen molar-refractivity contribution in [3.05, 3.63) is 0 Å². The molecule has 1 aliphatic rings. The van der Waals surface area contributed by atoms with Crippen molar-refractivity contribution in [2.24, 2.45) is 0 Å². The minimum absolute atomic E-state index is 0.0692. The van der Waals surface area contributed by atoms with E-state index in [-0.39, 0.29) is 31.2 Å². The smallest absolute Gasteiger partial charge is 0.321 e. The topological polar surface area (TPSA) is 90.9 Å². The molecule has 7 nitrogen and oxygen atoms in total. The summed E-state index contributed by atoms with van der Waals surface area (Å²) in [4.78, 5) is 24.3. The Bertz CT molecular complexity index is 285. The van der Waals surface area contributed by atoms with Gasteiger partial charge in [0, 0.05) is 19.6 Å². The molecule has 2 atom stereocenters. The summed E-state index contributed by atoms with van der Waals surface area (Å²) in [7, 11) is 1.45. The van der Waals surface area contributed by atoms with E-state index >= 15 is 0 Å². The Hall–Kier alpha value is -1.18. The first-order chi connectivity index (χ1) is 8.06. The molecule has 0 bridgehead atoms. The van der Waals surface area contributed by atoms with Gasteiger partial charge in [0.15, 0.2) is 0 Å². The van der Waals surface area contributed by atoms with Crippen LogP contribution in [0.25, 0.3) is 0 Å². The number of hydrogen-bond donors (Lipinski definition) is 3. The monoisotopic (exact) mass is 245 g/mol. The largest absolute Gasteiger partial charge is 0.394 e. The van der Waals surface area contributed by atoms with Gasteiger partial charge >= 0.3 is 6.03 Å². The number of carbonyl (C=O) groups excluding carboxylic acids is 2. The molecule has 0 aromatic rings. The number of aliphatic hydroxyl groups is 1. The third-order valence-corrected chi connectivity index (χ3v) is 2.66. The normalized spacial score (nSPS) is 25.4. The van der Waals surface area contributed by atoms with Gasteiger partial charge in [0.25, 0.3) is 0 Å². The Kier molecular flexibility index (Phi) is 5.33. The zero-order valence-electron chi connectivity index (χ0n) is 10.1. The fourth-order valence-corrected chi connectivity index (χ4v) is 1.62. The lowest BCUT2D eigenvalue weighted by molar-refractivity contribution is -0.126. The first kappa shape index (κ1) is 13.9. The molecular formula is C10H19N3O4. The summed E-state index contributed by atoms with van der Waals surface area (Å²) in [5, 5.41) is 13.5. The van der Waals surface area contributed by atoms with E-state index in [1.54, 1.807) is 0 Å². The second kappa shape index (κ2) is 6.53. The van der Waals surface area contributed by atoms with Crippen molar-refractivity contribution in [3.63, 3.8) is 0 Å². The third kappa shape index (κ3) is 4.29. The molecule has 1 heterocycles. The van der Waals surface area contributed by atoms with Crippen molar-refractivity contribution in [1.29, 1.82) is 0 Å². The summed E-state index contributed by atoms with van der Waals surface area (Å²) in [5.74, 6) is -0.366. The summed E-state index contributed by atoms with van der Waals surface area (Å²) in [6.07, 6.45) is -0.265. The Labute approximate surface area is 100 Å². The van der Waals surface area contributed by atoms with Gasteiger partial charge in [-0.2, -0.15) is 0 Å². The molecule has 1 rings (SSSR count). The van der Waals surface area contributed by atoms with Crippen LogP contribution in [0.3, 0.4) is 0 Å². The Morgan fingerprint density at radius 2 is 2.24 bits per heavy atom. The minimum Gasteiger partial charge on any atom is -0.394 e.